The molecular weight excluding hydrogens is 260 g/mol. The van der Waals surface area contributed by atoms with Crippen LogP contribution >= 0.6 is 0 Å². The van der Waals surface area contributed by atoms with Crippen molar-refractivity contribution in [2.75, 3.05) is 0 Å². The minimum absolute atomic E-state index is 0.00240. The Morgan fingerprint density at radius 1 is 1.05 bits per heavy atom. The van der Waals surface area contributed by atoms with E-state index < -0.39 is 0 Å². The van der Waals surface area contributed by atoms with E-state index in [1.165, 1.54) is 31.2 Å². The van der Waals surface area contributed by atoms with E-state index in [9.17, 15) is 4.79 Å². The molecule has 21 heavy (non-hydrogen) atoms. The number of benzene rings is 1. The van der Waals surface area contributed by atoms with E-state index in [1.807, 2.05) is 24.3 Å². The van der Waals surface area contributed by atoms with Gasteiger partial charge in [-0.05, 0) is 24.8 Å². The number of carbonyl (C=O) groups is 1. The predicted octanol–water partition coefficient (Wildman–Crippen LogP) is 4.69. The number of ether oxygens (including phenoxy) is 1. The van der Waals surface area contributed by atoms with Gasteiger partial charge in [0.15, 0.2) is 0 Å². The quantitative estimate of drug-likeness (QED) is 0.354. The summed E-state index contributed by atoms with van der Waals surface area (Å²) in [7, 11) is 0. The van der Waals surface area contributed by atoms with Crippen molar-refractivity contribution in [1.29, 1.82) is 0 Å². The van der Waals surface area contributed by atoms with Crippen molar-refractivity contribution in [1.82, 2.24) is 0 Å². The first-order valence-corrected chi connectivity index (χ1v) is 8.16. The Balaban J connectivity index is 1.63. The summed E-state index contributed by atoms with van der Waals surface area (Å²) in [6.45, 7) is 3.74. The van der Waals surface area contributed by atoms with Crippen molar-refractivity contribution in [3.8, 4) is 0 Å². The molecule has 1 heterocycles. The topological polar surface area (TPSA) is 26.3 Å². The van der Waals surface area contributed by atoms with Crippen LogP contribution in [0.25, 0.3) is 0 Å². The van der Waals surface area contributed by atoms with Gasteiger partial charge in [0.05, 0.1) is 5.92 Å². The third-order valence-corrected chi connectivity index (χ3v) is 4.22. The van der Waals surface area contributed by atoms with Gasteiger partial charge in [0, 0.05) is 6.42 Å². The van der Waals surface area contributed by atoms with Crippen LogP contribution in [0.5, 0.6) is 0 Å². The van der Waals surface area contributed by atoms with Crippen LogP contribution < -0.4 is 0 Å². The molecule has 0 bridgehead atoms. The maximum Gasteiger partial charge on any atom is 0.313 e. The van der Waals surface area contributed by atoms with Crippen molar-refractivity contribution >= 4 is 5.97 Å². The summed E-state index contributed by atoms with van der Waals surface area (Å²) in [5.74, 6) is 0.126. The molecule has 0 aliphatic carbocycles. The normalized spacial score (nSPS) is 20.7. The number of unbranched alkanes of at least 4 members (excludes halogenated alkanes) is 5. The maximum absolute atomic E-state index is 11.6. The standard InChI is InChI=1S/C19H26O2/c1-2-3-4-5-6-7-11-14-17-18(21-19(17)20)15-16-12-9-8-10-13-16/h2,8-10,12-13,17-18H,1,3-7,11,14-15H2/t17-,18-/m1/s1. The van der Waals surface area contributed by atoms with E-state index in [-0.39, 0.29) is 18.0 Å². The van der Waals surface area contributed by atoms with Crippen molar-refractivity contribution in [3.05, 3.63) is 48.6 Å². The number of hydrogen-bond donors (Lipinski definition) is 0. The molecule has 0 spiro atoms. The zero-order valence-electron chi connectivity index (χ0n) is 12.8. The van der Waals surface area contributed by atoms with Gasteiger partial charge >= 0.3 is 5.97 Å². The van der Waals surface area contributed by atoms with Crippen LogP contribution in [0.3, 0.4) is 0 Å². The molecule has 1 saturated heterocycles. The van der Waals surface area contributed by atoms with Gasteiger partial charge in [-0.2, -0.15) is 0 Å². The number of carbonyl (C=O) groups excluding carboxylic acids is 1. The number of cyclic esters (lactones) is 1. The van der Waals surface area contributed by atoms with Crippen LogP contribution in [0.15, 0.2) is 43.0 Å². The fourth-order valence-electron chi connectivity index (χ4n) is 2.92. The predicted molar refractivity (Wildman–Crippen MR) is 86.0 cm³/mol. The molecule has 0 aromatic heterocycles. The summed E-state index contributed by atoms with van der Waals surface area (Å²) in [5, 5.41) is 0. The third kappa shape index (κ3) is 5.04. The zero-order chi connectivity index (χ0) is 14.9. The van der Waals surface area contributed by atoms with Gasteiger partial charge in [-0.3, -0.25) is 4.79 Å². The molecule has 2 nitrogen and oxygen atoms in total. The van der Waals surface area contributed by atoms with Gasteiger partial charge in [0.2, 0.25) is 0 Å². The number of hydrogen-bond acceptors (Lipinski definition) is 2. The Labute approximate surface area is 128 Å². The number of esters is 1. The fourth-order valence-corrected chi connectivity index (χ4v) is 2.92. The Kier molecular flexibility index (Phi) is 6.52. The first kappa shape index (κ1) is 15.8. The van der Waals surface area contributed by atoms with Crippen molar-refractivity contribution in [2.45, 2.75) is 57.5 Å². The summed E-state index contributed by atoms with van der Waals surface area (Å²) >= 11 is 0. The average Bonchev–Trinajstić information content (AvgIpc) is 2.50. The molecule has 1 aliphatic heterocycles. The molecule has 2 rings (SSSR count). The number of allylic oxidation sites excluding steroid dienone is 1. The average molecular weight is 286 g/mol. The van der Waals surface area contributed by atoms with Crippen LogP contribution in [0.2, 0.25) is 0 Å². The molecule has 0 saturated carbocycles. The van der Waals surface area contributed by atoms with Crippen molar-refractivity contribution < 1.29 is 9.53 Å². The minimum Gasteiger partial charge on any atom is -0.461 e. The summed E-state index contributed by atoms with van der Waals surface area (Å²) in [5.41, 5.74) is 1.25. The minimum atomic E-state index is 0.00240. The smallest absolute Gasteiger partial charge is 0.313 e. The van der Waals surface area contributed by atoms with Gasteiger partial charge in [-0.15, -0.1) is 6.58 Å². The maximum atomic E-state index is 11.6. The van der Waals surface area contributed by atoms with Gasteiger partial charge in [-0.1, -0.05) is 62.1 Å². The van der Waals surface area contributed by atoms with E-state index in [4.69, 9.17) is 4.74 Å². The molecule has 0 unspecified atom stereocenters. The summed E-state index contributed by atoms with van der Waals surface area (Å²) in [4.78, 5) is 11.6. The molecule has 1 fully saturated rings. The van der Waals surface area contributed by atoms with Gasteiger partial charge < -0.3 is 4.74 Å². The third-order valence-electron chi connectivity index (χ3n) is 4.22. The molecule has 1 aromatic carbocycles. The van der Waals surface area contributed by atoms with E-state index >= 15 is 0 Å². The first-order valence-electron chi connectivity index (χ1n) is 8.16. The van der Waals surface area contributed by atoms with Crippen LogP contribution in [0.1, 0.15) is 50.5 Å². The highest BCUT2D eigenvalue weighted by Crippen LogP contribution is 2.30. The molecule has 1 aromatic rings. The van der Waals surface area contributed by atoms with E-state index in [0.717, 1.165) is 25.7 Å². The van der Waals surface area contributed by atoms with E-state index in [1.54, 1.807) is 0 Å². The lowest BCUT2D eigenvalue weighted by atomic mass is 9.87. The highest BCUT2D eigenvalue weighted by Gasteiger charge is 2.41. The zero-order valence-corrected chi connectivity index (χ0v) is 12.8. The summed E-state index contributed by atoms with van der Waals surface area (Å²) < 4.78 is 5.32. The second-order valence-electron chi connectivity index (χ2n) is 5.91. The van der Waals surface area contributed by atoms with Crippen LogP contribution in [0, 0.1) is 5.92 Å². The lowest BCUT2D eigenvalue weighted by Gasteiger charge is -2.35. The highest BCUT2D eigenvalue weighted by molar-refractivity contribution is 5.78. The molecular formula is C19H26O2. The SMILES string of the molecule is C=CCCCCCCC[C@H]1C(=O)O[C@@H]1Cc1ccccc1. The van der Waals surface area contributed by atoms with Crippen LogP contribution in [-0.4, -0.2) is 12.1 Å². The lowest BCUT2D eigenvalue weighted by molar-refractivity contribution is -0.184. The van der Waals surface area contributed by atoms with Gasteiger partial charge in [-0.25, -0.2) is 0 Å². The Morgan fingerprint density at radius 2 is 1.76 bits per heavy atom. The Bertz CT molecular complexity index is 438. The Hall–Kier alpha value is -1.57. The van der Waals surface area contributed by atoms with Crippen molar-refractivity contribution in [2.24, 2.45) is 5.92 Å². The van der Waals surface area contributed by atoms with Crippen LogP contribution in [-0.2, 0) is 16.0 Å². The first-order chi connectivity index (χ1) is 10.3. The highest BCUT2D eigenvalue weighted by atomic mass is 16.6. The fraction of sp³-hybridized carbons (Fsp3) is 0.526. The molecule has 114 valence electrons. The second-order valence-corrected chi connectivity index (χ2v) is 5.91. The molecule has 0 amide bonds. The molecule has 1 aliphatic rings. The van der Waals surface area contributed by atoms with Gasteiger partial charge in [0.25, 0.3) is 0 Å². The van der Waals surface area contributed by atoms with Gasteiger partial charge in [0.1, 0.15) is 6.10 Å². The molecule has 0 N–H and O–H groups in total. The molecule has 0 radical (unpaired) electrons. The Morgan fingerprint density at radius 3 is 2.48 bits per heavy atom. The molecule has 2 heteroatoms. The van der Waals surface area contributed by atoms with Crippen molar-refractivity contribution in [3.63, 3.8) is 0 Å². The molecule has 2 atom stereocenters. The lowest BCUT2D eigenvalue weighted by Crippen LogP contribution is -2.46. The van der Waals surface area contributed by atoms with E-state index in [2.05, 4.69) is 18.7 Å². The van der Waals surface area contributed by atoms with Crippen LogP contribution in [0.4, 0.5) is 0 Å². The monoisotopic (exact) mass is 286 g/mol. The second kappa shape index (κ2) is 8.66. The summed E-state index contributed by atoms with van der Waals surface area (Å²) in [6.07, 6.45) is 11.2. The number of rotatable bonds is 10. The summed E-state index contributed by atoms with van der Waals surface area (Å²) in [6, 6.07) is 10.3. The van der Waals surface area contributed by atoms with E-state index in [0.29, 0.717) is 0 Å². The largest absolute Gasteiger partial charge is 0.461 e.